The van der Waals surface area contributed by atoms with Gasteiger partial charge in [-0.1, -0.05) is 0 Å². The lowest BCUT2D eigenvalue weighted by molar-refractivity contribution is -0.119. The fourth-order valence-electron chi connectivity index (χ4n) is 1.68. The van der Waals surface area contributed by atoms with Gasteiger partial charge < -0.3 is 15.4 Å². The van der Waals surface area contributed by atoms with Crippen molar-refractivity contribution in [2.45, 2.75) is 0 Å². The third-order valence-corrected chi connectivity index (χ3v) is 4.63. The predicted octanol–water partition coefficient (Wildman–Crippen LogP) is 1.84. The van der Waals surface area contributed by atoms with Crippen LogP contribution in [0.1, 0.15) is 0 Å². The molecule has 0 spiro atoms. The summed E-state index contributed by atoms with van der Waals surface area (Å²) in [6.45, 7) is 0. The van der Waals surface area contributed by atoms with Crippen LogP contribution in [0.3, 0.4) is 0 Å². The number of methoxy groups -OCH3 is 1. The van der Waals surface area contributed by atoms with E-state index in [9.17, 15) is 9.59 Å². The molecule has 0 fully saturated rings. The molecular formula is C15H17N5O3S3. The molecule has 0 atom stereocenters. The quantitative estimate of drug-likeness (QED) is 0.404. The van der Waals surface area contributed by atoms with E-state index in [-0.39, 0.29) is 28.4 Å². The highest BCUT2D eigenvalue weighted by Crippen LogP contribution is 2.14. The number of nitrogens with one attached hydrogen (secondary N) is 4. The summed E-state index contributed by atoms with van der Waals surface area (Å²) < 4.78 is 5.07. The molecule has 26 heavy (non-hydrogen) atoms. The lowest BCUT2D eigenvalue weighted by Crippen LogP contribution is -2.44. The average molecular weight is 412 g/mol. The molecule has 0 saturated heterocycles. The van der Waals surface area contributed by atoms with E-state index >= 15 is 0 Å². The number of amides is 2. The van der Waals surface area contributed by atoms with E-state index < -0.39 is 0 Å². The van der Waals surface area contributed by atoms with Crippen LogP contribution in [0, 0.1) is 0 Å². The fourth-order valence-corrected chi connectivity index (χ4v) is 3.01. The Bertz CT molecular complexity index is 737. The number of carbonyl (C=O) groups is 2. The zero-order chi connectivity index (χ0) is 18.8. The van der Waals surface area contributed by atoms with Crippen LogP contribution >= 0.6 is 35.3 Å². The van der Waals surface area contributed by atoms with E-state index in [2.05, 4.69) is 26.5 Å². The molecule has 2 aromatic rings. The number of thiocarbonyl (C=S) groups is 1. The van der Waals surface area contributed by atoms with Gasteiger partial charge in [-0.15, -0.1) is 23.1 Å². The van der Waals surface area contributed by atoms with Crippen molar-refractivity contribution in [3.63, 3.8) is 0 Å². The Labute approximate surface area is 164 Å². The molecule has 0 aliphatic heterocycles. The van der Waals surface area contributed by atoms with Crippen LogP contribution in [0.25, 0.3) is 0 Å². The van der Waals surface area contributed by atoms with Crippen molar-refractivity contribution in [2.75, 3.05) is 29.2 Å². The number of benzene rings is 1. The van der Waals surface area contributed by atoms with Crippen molar-refractivity contribution in [1.82, 2.24) is 15.8 Å². The molecule has 1 aromatic heterocycles. The minimum atomic E-state index is -0.295. The standard InChI is InChI=1S/C15H17N5O3S3/c1-23-11-4-2-10(3-5-11)17-14(24)20-19-13(22)9-25-8-12(21)18-15-16-6-7-26-15/h2-7H,8-9H2,1H3,(H,19,22)(H,16,18,21)(H2,17,20,24). The van der Waals surface area contributed by atoms with Crippen molar-refractivity contribution < 1.29 is 14.3 Å². The SMILES string of the molecule is COc1ccc(NC(=S)NNC(=O)CSCC(=O)Nc2nccs2)cc1. The van der Waals surface area contributed by atoms with E-state index in [0.717, 1.165) is 11.4 Å². The van der Waals surface area contributed by atoms with Gasteiger partial charge in [-0.25, -0.2) is 4.98 Å². The topological polar surface area (TPSA) is 104 Å². The van der Waals surface area contributed by atoms with Crippen LogP contribution < -0.4 is 26.2 Å². The monoisotopic (exact) mass is 411 g/mol. The maximum Gasteiger partial charge on any atom is 0.248 e. The summed E-state index contributed by atoms with van der Waals surface area (Å²) in [4.78, 5) is 27.3. The first-order valence-electron chi connectivity index (χ1n) is 7.34. The van der Waals surface area contributed by atoms with E-state index in [1.807, 2.05) is 0 Å². The normalized spacial score (nSPS) is 9.88. The summed E-state index contributed by atoms with van der Waals surface area (Å²) in [5, 5.41) is 8.12. The van der Waals surface area contributed by atoms with Crippen LogP contribution in [-0.2, 0) is 9.59 Å². The third-order valence-electron chi connectivity index (χ3n) is 2.81. The van der Waals surface area contributed by atoms with Gasteiger partial charge >= 0.3 is 0 Å². The summed E-state index contributed by atoms with van der Waals surface area (Å²) in [6, 6.07) is 7.17. The Morgan fingerprint density at radius 3 is 2.54 bits per heavy atom. The number of hydrogen-bond acceptors (Lipinski definition) is 7. The molecule has 1 aromatic carbocycles. The molecule has 2 rings (SSSR count). The summed E-state index contributed by atoms with van der Waals surface area (Å²) in [7, 11) is 1.59. The molecule has 0 unspecified atom stereocenters. The number of hydrogen-bond donors (Lipinski definition) is 4. The highest BCUT2D eigenvalue weighted by atomic mass is 32.2. The molecule has 11 heteroatoms. The number of thiazole rings is 1. The van der Waals surface area contributed by atoms with Crippen LogP contribution in [0.4, 0.5) is 10.8 Å². The Morgan fingerprint density at radius 1 is 1.15 bits per heavy atom. The van der Waals surface area contributed by atoms with Crippen molar-refractivity contribution in [1.29, 1.82) is 0 Å². The van der Waals surface area contributed by atoms with Gasteiger partial charge in [0.1, 0.15) is 5.75 Å². The zero-order valence-electron chi connectivity index (χ0n) is 13.8. The molecule has 2 amide bonds. The maximum atomic E-state index is 11.7. The Morgan fingerprint density at radius 2 is 1.88 bits per heavy atom. The number of aromatic nitrogens is 1. The first kappa shape index (κ1) is 19.9. The second kappa shape index (κ2) is 10.6. The number of nitrogens with zero attached hydrogens (tertiary/aromatic N) is 1. The van der Waals surface area contributed by atoms with Crippen molar-refractivity contribution >= 4 is 63.1 Å². The van der Waals surface area contributed by atoms with Crippen LogP contribution in [0.5, 0.6) is 5.75 Å². The lowest BCUT2D eigenvalue weighted by atomic mass is 10.3. The molecule has 0 bridgehead atoms. The minimum Gasteiger partial charge on any atom is -0.497 e. The molecule has 4 N–H and O–H groups in total. The maximum absolute atomic E-state index is 11.7. The highest BCUT2D eigenvalue weighted by molar-refractivity contribution is 8.00. The number of anilines is 2. The first-order chi connectivity index (χ1) is 12.6. The van der Waals surface area contributed by atoms with Crippen molar-refractivity contribution in [3.05, 3.63) is 35.8 Å². The molecule has 1 heterocycles. The zero-order valence-corrected chi connectivity index (χ0v) is 16.2. The number of rotatable bonds is 7. The van der Waals surface area contributed by atoms with E-state index in [0.29, 0.717) is 5.13 Å². The fraction of sp³-hybridized carbons (Fsp3) is 0.200. The Balaban J connectivity index is 1.60. The van der Waals surface area contributed by atoms with Gasteiger partial charge in [0.05, 0.1) is 18.6 Å². The molecule has 0 aliphatic carbocycles. The molecule has 0 radical (unpaired) electrons. The minimum absolute atomic E-state index is 0.115. The van der Waals surface area contributed by atoms with E-state index in [1.165, 1.54) is 23.1 Å². The molecule has 0 saturated carbocycles. The summed E-state index contributed by atoms with van der Waals surface area (Å²) in [5.74, 6) is 0.502. The van der Waals surface area contributed by atoms with E-state index in [1.54, 1.807) is 43.0 Å². The van der Waals surface area contributed by atoms with Gasteiger partial charge in [-0.05, 0) is 36.5 Å². The summed E-state index contributed by atoms with van der Waals surface area (Å²) in [6.07, 6.45) is 1.61. The number of ether oxygens (including phenoxy) is 1. The lowest BCUT2D eigenvalue weighted by Gasteiger charge is -2.11. The average Bonchev–Trinajstić information content (AvgIpc) is 3.13. The largest absolute Gasteiger partial charge is 0.497 e. The Hall–Kier alpha value is -2.37. The predicted molar refractivity (Wildman–Crippen MR) is 109 cm³/mol. The molecule has 0 aliphatic rings. The molecule has 8 nitrogen and oxygen atoms in total. The third kappa shape index (κ3) is 7.25. The van der Waals surface area contributed by atoms with Gasteiger partial charge in [0.2, 0.25) is 11.8 Å². The second-order valence-corrected chi connectivity index (χ2v) is 7.02. The number of carbonyl (C=O) groups excluding carboxylic acids is 2. The van der Waals surface area contributed by atoms with Crippen molar-refractivity contribution in [3.8, 4) is 5.75 Å². The molecular weight excluding hydrogens is 394 g/mol. The van der Waals surface area contributed by atoms with Gasteiger partial charge in [0, 0.05) is 17.3 Å². The van der Waals surface area contributed by atoms with Gasteiger partial charge in [-0.2, -0.15) is 0 Å². The number of thioether (sulfide) groups is 1. The summed E-state index contributed by atoms with van der Waals surface area (Å²) >= 11 is 7.61. The highest BCUT2D eigenvalue weighted by Gasteiger charge is 2.07. The van der Waals surface area contributed by atoms with Gasteiger partial charge in [0.15, 0.2) is 10.2 Å². The number of hydrazine groups is 1. The van der Waals surface area contributed by atoms with Crippen LogP contribution in [-0.4, -0.2) is 40.5 Å². The van der Waals surface area contributed by atoms with Crippen molar-refractivity contribution in [2.24, 2.45) is 0 Å². The van der Waals surface area contributed by atoms with Gasteiger partial charge in [0.25, 0.3) is 0 Å². The van der Waals surface area contributed by atoms with E-state index in [4.69, 9.17) is 17.0 Å². The smallest absolute Gasteiger partial charge is 0.248 e. The second-order valence-electron chi connectivity index (χ2n) is 4.73. The first-order valence-corrected chi connectivity index (χ1v) is 9.78. The van der Waals surface area contributed by atoms with Crippen LogP contribution in [0.15, 0.2) is 35.8 Å². The van der Waals surface area contributed by atoms with Gasteiger partial charge in [-0.3, -0.25) is 20.4 Å². The Kier molecular flexibility index (Phi) is 8.12. The molecule has 138 valence electrons. The summed E-state index contributed by atoms with van der Waals surface area (Å²) in [5.41, 5.74) is 5.82. The van der Waals surface area contributed by atoms with Crippen LogP contribution in [0.2, 0.25) is 0 Å².